The van der Waals surface area contributed by atoms with Gasteiger partial charge in [0.2, 0.25) is 0 Å². The molecular formula is C14H14N2O2. The SMILES string of the molecule is CC(NC(=O)c1cc(=O)cc[nH]1)c1ccccc1. The zero-order valence-electron chi connectivity index (χ0n) is 10.0. The molecule has 0 aliphatic carbocycles. The summed E-state index contributed by atoms with van der Waals surface area (Å²) >= 11 is 0. The van der Waals surface area contributed by atoms with Gasteiger partial charge < -0.3 is 10.3 Å². The van der Waals surface area contributed by atoms with Gasteiger partial charge in [-0.1, -0.05) is 30.3 Å². The third-order valence-corrected chi connectivity index (χ3v) is 2.66. The molecular weight excluding hydrogens is 228 g/mol. The Hall–Kier alpha value is -2.36. The minimum atomic E-state index is -0.288. The lowest BCUT2D eigenvalue weighted by molar-refractivity contribution is 0.0934. The van der Waals surface area contributed by atoms with E-state index in [4.69, 9.17) is 0 Å². The van der Waals surface area contributed by atoms with Gasteiger partial charge in [0.25, 0.3) is 5.91 Å². The summed E-state index contributed by atoms with van der Waals surface area (Å²) in [7, 11) is 0. The summed E-state index contributed by atoms with van der Waals surface area (Å²) < 4.78 is 0. The second-order valence-corrected chi connectivity index (χ2v) is 4.04. The monoisotopic (exact) mass is 242 g/mol. The average Bonchev–Trinajstić information content (AvgIpc) is 2.39. The quantitative estimate of drug-likeness (QED) is 0.863. The van der Waals surface area contributed by atoms with E-state index in [1.807, 2.05) is 37.3 Å². The molecule has 1 aromatic carbocycles. The van der Waals surface area contributed by atoms with Crippen LogP contribution in [0.15, 0.2) is 53.5 Å². The highest BCUT2D eigenvalue weighted by Gasteiger charge is 2.11. The Balaban J connectivity index is 2.11. The first-order chi connectivity index (χ1) is 8.66. The Labute approximate surface area is 105 Å². The Bertz CT molecular complexity index is 590. The van der Waals surface area contributed by atoms with E-state index < -0.39 is 0 Å². The van der Waals surface area contributed by atoms with Gasteiger partial charge in [-0.25, -0.2) is 0 Å². The number of carbonyl (C=O) groups excluding carboxylic acids is 1. The summed E-state index contributed by atoms with van der Waals surface area (Å²) in [6, 6.07) is 12.2. The van der Waals surface area contributed by atoms with Crippen LogP contribution in [0, 0.1) is 0 Å². The molecule has 1 aromatic heterocycles. The number of aromatic amines is 1. The minimum absolute atomic E-state index is 0.109. The number of hydrogen-bond acceptors (Lipinski definition) is 2. The molecule has 18 heavy (non-hydrogen) atoms. The number of benzene rings is 1. The lowest BCUT2D eigenvalue weighted by Crippen LogP contribution is -2.28. The zero-order valence-corrected chi connectivity index (χ0v) is 10.0. The van der Waals surface area contributed by atoms with Crippen molar-refractivity contribution in [3.05, 3.63) is 70.1 Å². The molecule has 1 amide bonds. The molecule has 0 aliphatic rings. The largest absolute Gasteiger partial charge is 0.357 e. The molecule has 1 unspecified atom stereocenters. The van der Waals surface area contributed by atoms with Crippen molar-refractivity contribution in [2.45, 2.75) is 13.0 Å². The summed E-state index contributed by atoms with van der Waals surface area (Å²) in [5.74, 6) is -0.288. The molecule has 0 fully saturated rings. The van der Waals surface area contributed by atoms with Crippen LogP contribution in [0.5, 0.6) is 0 Å². The van der Waals surface area contributed by atoms with Crippen LogP contribution >= 0.6 is 0 Å². The fourth-order valence-electron chi connectivity index (χ4n) is 1.68. The predicted octanol–water partition coefficient (Wildman–Crippen LogP) is 1.87. The van der Waals surface area contributed by atoms with Gasteiger partial charge in [0.05, 0.1) is 6.04 Å². The molecule has 2 rings (SSSR count). The van der Waals surface area contributed by atoms with Crippen molar-refractivity contribution in [2.75, 3.05) is 0 Å². The van der Waals surface area contributed by atoms with Crippen molar-refractivity contribution in [3.8, 4) is 0 Å². The second-order valence-electron chi connectivity index (χ2n) is 4.04. The third kappa shape index (κ3) is 2.85. The van der Waals surface area contributed by atoms with E-state index in [1.165, 1.54) is 18.3 Å². The third-order valence-electron chi connectivity index (χ3n) is 2.66. The highest BCUT2D eigenvalue weighted by atomic mass is 16.2. The first-order valence-electron chi connectivity index (χ1n) is 5.71. The molecule has 2 N–H and O–H groups in total. The fraction of sp³-hybridized carbons (Fsp3) is 0.143. The van der Waals surface area contributed by atoms with Crippen molar-refractivity contribution in [1.29, 1.82) is 0 Å². The van der Waals surface area contributed by atoms with Crippen LogP contribution in [-0.2, 0) is 0 Å². The predicted molar refractivity (Wildman–Crippen MR) is 69.4 cm³/mol. The Morgan fingerprint density at radius 2 is 1.94 bits per heavy atom. The molecule has 0 bridgehead atoms. The maximum Gasteiger partial charge on any atom is 0.268 e. The lowest BCUT2D eigenvalue weighted by Gasteiger charge is -2.13. The van der Waals surface area contributed by atoms with Crippen LogP contribution < -0.4 is 10.7 Å². The number of carbonyl (C=O) groups is 1. The van der Waals surface area contributed by atoms with Crippen molar-refractivity contribution in [3.63, 3.8) is 0 Å². The van der Waals surface area contributed by atoms with Gasteiger partial charge in [0.1, 0.15) is 5.69 Å². The van der Waals surface area contributed by atoms with Crippen molar-refractivity contribution >= 4 is 5.91 Å². The van der Waals surface area contributed by atoms with Gasteiger partial charge in [-0.3, -0.25) is 9.59 Å². The normalized spacial score (nSPS) is 11.8. The number of pyridine rings is 1. The summed E-state index contributed by atoms with van der Waals surface area (Å²) in [5, 5.41) is 2.83. The van der Waals surface area contributed by atoms with Gasteiger partial charge in [0.15, 0.2) is 5.43 Å². The minimum Gasteiger partial charge on any atom is -0.357 e. The number of nitrogens with one attached hydrogen (secondary N) is 2. The van der Waals surface area contributed by atoms with Crippen LogP contribution in [-0.4, -0.2) is 10.9 Å². The maximum absolute atomic E-state index is 11.9. The van der Waals surface area contributed by atoms with E-state index in [-0.39, 0.29) is 23.1 Å². The van der Waals surface area contributed by atoms with E-state index in [0.717, 1.165) is 5.56 Å². The topological polar surface area (TPSA) is 62.0 Å². The van der Waals surface area contributed by atoms with Gasteiger partial charge in [-0.15, -0.1) is 0 Å². The highest BCUT2D eigenvalue weighted by Crippen LogP contribution is 2.11. The number of H-pyrrole nitrogens is 1. The van der Waals surface area contributed by atoms with E-state index in [0.29, 0.717) is 0 Å². The average molecular weight is 242 g/mol. The first kappa shape index (κ1) is 12.1. The number of aromatic nitrogens is 1. The molecule has 92 valence electrons. The van der Waals surface area contributed by atoms with Crippen LogP contribution in [0.2, 0.25) is 0 Å². The fourth-order valence-corrected chi connectivity index (χ4v) is 1.68. The Morgan fingerprint density at radius 3 is 2.61 bits per heavy atom. The molecule has 4 nitrogen and oxygen atoms in total. The molecule has 0 spiro atoms. The van der Waals surface area contributed by atoms with E-state index in [2.05, 4.69) is 10.3 Å². The maximum atomic E-state index is 11.9. The van der Waals surface area contributed by atoms with Gasteiger partial charge in [0, 0.05) is 18.3 Å². The summed E-state index contributed by atoms with van der Waals surface area (Å²) in [4.78, 5) is 25.8. The number of amides is 1. The number of hydrogen-bond donors (Lipinski definition) is 2. The standard InChI is InChI=1S/C14H14N2O2/c1-10(11-5-3-2-4-6-11)16-14(18)13-9-12(17)7-8-15-13/h2-10H,1H3,(H,15,17)(H,16,18). The molecule has 0 aliphatic heterocycles. The summed E-state index contributed by atoms with van der Waals surface area (Å²) in [6.07, 6.45) is 1.46. The van der Waals surface area contributed by atoms with Crippen LogP contribution in [0.4, 0.5) is 0 Å². The van der Waals surface area contributed by atoms with Crippen molar-refractivity contribution in [2.24, 2.45) is 0 Å². The van der Waals surface area contributed by atoms with Gasteiger partial charge >= 0.3 is 0 Å². The Morgan fingerprint density at radius 1 is 1.22 bits per heavy atom. The second kappa shape index (κ2) is 5.31. The highest BCUT2D eigenvalue weighted by molar-refractivity contribution is 5.92. The van der Waals surface area contributed by atoms with E-state index in [9.17, 15) is 9.59 Å². The molecule has 2 aromatic rings. The van der Waals surface area contributed by atoms with Crippen molar-refractivity contribution in [1.82, 2.24) is 10.3 Å². The Kier molecular flexibility index (Phi) is 3.57. The summed E-state index contributed by atoms with van der Waals surface area (Å²) in [5.41, 5.74) is 1.10. The van der Waals surface area contributed by atoms with Crippen LogP contribution in [0.25, 0.3) is 0 Å². The zero-order chi connectivity index (χ0) is 13.0. The van der Waals surface area contributed by atoms with Gasteiger partial charge in [-0.05, 0) is 12.5 Å². The molecule has 0 radical (unpaired) electrons. The number of rotatable bonds is 3. The summed E-state index contributed by atoms with van der Waals surface area (Å²) in [6.45, 7) is 1.90. The van der Waals surface area contributed by atoms with E-state index in [1.54, 1.807) is 0 Å². The lowest BCUT2D eigenvalue weighted by atomic mass is 10.1. The molecule has 1 heterocycles. The first-order valence-corrected chi connectivity index (χ1v) is 5.71. The molecule has 0 saturated carbocycles. The molecule has 0 saturated heterocycles. The van der Waals surface area contributed by atoms with Crippen LogP contribution in [0.3, 0.4) is 0 Å². The van der Waals surface area contributed by atoms with E-state index >= 15 is 0 Å². The van der Waals surface area contributed by atoms with Crippen molar-refractivity contribution < 1.29 is 4.79 Å². The molecule has 4 heteroatoms. The smallest absolute Gasteiger partial charge is 0.268 e. The molecule has 1 atom stereocenters. The van der Waals surface area contributed by atoms with Crippen LogP contribution in [0.1, 0.15) is 29.0 Å². The van der Waals surface area contributed by atoms with Gasteiger partial charge in [-0.2, -0.15) is 0 Å².